The molecule has 112 valence electrons. The van der Waals surface area contributed by atoms with Gasteiger partial charge >= 0.3 is 0 Å². The Morgan fingerprint density at radius 3 is 2.55 bits per heavy atom. The van der Waals surface area contributed by atoms with Crippen LogP contribution in [0, 0.1) is 5.92 Å². The first-order valence-electron chi connectivity index (χ1n) is 8.18. The zero-order chi connectivity index (χ0) is 14.4. The van der Waals surface area contributed by atoms with Crippen LogP contribution in [0.4, 0.5) is 0 Å². The Bertz CT molecular complexity index is 387. The molecule has 1 aromatic rings. The quantitative estimate of drug-likeness (QED) is 0.808. The summed E-state index contributed by atoms with van der Waals surface area (Å²) in [5, 5.41) is 3.64. The van der Waals surface area contributed by atoms with Crippen molar-refractivity contribution in [3.8, 4) is 0 Å². The van der Waals surface area contributed by atoms with Crippen LogP contribution in [0.3, 0.4) is 0 Å². The number of hydrogen-bond donors (Lipinski definition) is 1. The van der Waals surface area contributed by atoms with Gasteiger partial charge in [0, 0.05) is 12.0 Å². The maximum Gasteiger partial charge on any atom is 0.0551 e. The molecule has 0 aliphatic carbocycles. The van der Waals surface area contributed by atoms with Crippen LogP contribution in [0.5, 0.6) is 0 Å². The second-order valence-corrected chi connectivity index (χ2v) is 6.02. The molecule has 0 saturated carbocycles. The van der Waals surface area contributed by atoms with E-state index >= 15 is 0 Å². The van der Waals surface area contributed by atoms with E-state index in [1.165, 1.54) is 30.4 Å². The molecule has 0 radical (unpaired) electrons. The number of rotatable bonds is 7. The molecule has 0 amide bonds. The van der Waals surface area contributed by atoms with E-state index in [9.17, 15) is 0 Å². The van der Waals surface area contributed by atoms with Crippen molar-refractivity contribution >= 4 is 0 Å². The number of hydrogen-bond acceptors (Lipinski definition) is 2. The number of benzene rings is 1. The molecule has 1 N–H and O–H groups in total. The lowest BCUT2D eigenvalue weighted by Crippen LogP contribution is -2.28. The minimum Gasteiger partial charge on any atom is -0.378 e. The number of nitrogens with one attached hydrogen (secondary N) is 1. The normalized spacial score (nSPS) is 23.9. The molecule has 0 spiro atoms. The van der Waals surface area contributed by atoms with Gasteiger partial charge in [0.1, 0.15) is 0 Å². The first-order chi connectivity index (χ1) is 9.74. The molecule has 3 atom stereocenters. The maximum absolute atomic E-state index is 5.75. The van der Waals surface area contributed by atoms with Crippen molar-refractivity contribution in [2.24, 2.45) is 5.92 Å². The average Bonchev–Trinajstić information content (AvgIpc) is 2.89. The highest BCUT2D eigenvalue weighted by Crippen LogP contribution is 2.31. The van der Waals surface area contributed by atoms with Crippen LogP contribution in [0.25, 0.3) is 0 Å². The van der Waals surface area contributed by atoms with E-state index in [0.29, 0.717) is 18.1 Å². The topological polar surface area (TPSA) is 21.3 Å². The predicted octanol–water partition coefficient (Wildman–Crippen LogP) is 4.10. The molecule has 3 unspecified atom stereocenters. The summed E-state index contributed by atoms with van der Waals surface area (Å²) in [6.45, 7) is 8.50. The summed E-state index contributed by atoms with van der Waals surface area (Å²) in [5.41, 5.74) is 2.87. The SMILES string of the molecule is CCCCc1ccc(C(NCC)C2COC(C)C2)cc1. The van der Waals surface area contributed by atoms with Gasteiger partial charge in [0.15, 0.2) is 0 Å². The Labute approximate surface area is 123 Å². The third kappa shape index (κ3) is 4.07. The van der Waals surface area contributed by atoms with Crippen molar-refractivity contribution < 1.29 is 4.74 Å². The molecule has 1 saturated heterocycles. The van der Waals surface area contributed by atoms with E-state index in [1.54, 1.807) is 0 Å². The van der Waals surface area contributed by atoms with Crippen LogP contribution in [0.15, 0.2) is 24.3 Å². The second kappa shape index (κ2) is 7.80. The molecular weight excluding hydrogens is 246 g/mol. The van der Waals surface area contributed by atoms with E-state index in [-0.39, 0.29) is 0 Å². The van der Waals surface area contributed by atoms with Gasteiger partial charge in [0.05, 0.1) is 12.7 Å². The molecule has 2 nitrogen and oxygen atoms in total. The van der Waals surface area contributed by atoms with Gasteiger partial charge in [0.25, 0.3) is 0 Å². The van der Waals surface area contributed by atoms with Gasteiger partial charge in [-0.15, -0.1) is 0 Å². The highest BCUT2D eigenvalue weighted by atomic mass is 16.5. The average molecular weight is 275 g/mol. The fourth-order valence-electron chi connectivity index (χ4n) is 3.13. The number of ether oxygens (including phenoxy) is 1. The van der Waals surface area contributed by atoms with Crippen molar-refractivity contribution in [2.75, 3.05) is 13.2 Å². The van der Waals surface area contributed by atoms with Crippen LogP contribution in [0.1, 0.15) is 57.2 Å². The Morgan fingerprint density at radius 1 is 1.25 bits per heavy atom. The summed E-state index contributed by atoms with van der Waals surface area (Å²) in [5.74, 6) is 0.603. The molecule has 0 aromatic heterocycles. The van der Waals surface area contributed by atoms with Crippen molar-refractivity contribution in [3.05, 3.63) is 35.4 Å². The van der Waals surface area contributed by atoms with Gasteiger partial charge in [-0.1, -0.05) is 44.5 Å². The van der Waals surface area contributed by atoms with Crippen molar-refractivity contribution in [1.82, 2.24) is 5.32 Å². The van der Waals surface area contributed by atoms with E-state index < -0.39 is 0 Å². The fourth-order valence-corrected chi connectivity index (χ4v) is 3.13. The van der Waals surface area contributed by atoms with Gasteiger partial charge in [-0.25, -0.2) is 0 Å². The Morgan fingerprint density at radius 2 is 2.00 bits per heavy atom. The second-order valence-electron chi connectivity index (χ2n) is 6.02. The zero-order valence-corrected chi connectivity index (χ0v) is 13.2. The summed E-state index contributed by atoms with van der Waals surface area (Å²) in [6, 6.07) is 9.65. The summed E-state index contributed by atoms with van der Waals surface area (Å²) >= 11 is 0. The van der Waals surface area contributed by atoms with Gasteiger partial charge in [-0.3, -0.25) is 0 Å². The number of unbranched alkanes of at least 4 members (excludes halogenated alkanes) is 1. The maximum atomic E-state index is 5.75. The summed E-state index contributed by atoms with van der Waals surface area (Å²) in [6.07, 6.45) is 5.31. The Kier molecular flexibility index (Phi) is 6.06. The third-order valence-electron chi connectivity index (χ3n) is 4.28. The largest absolute Gasteiger partial charge is 0.378 e. The van der Waals surface area contributed by atoms with Gasteiger partial charge in [-0.2, -0.15) is 0 Å². The predicted molar refractivity (Wildman–Crippen MR) is 85.0 cm³/mol. The smallest absolute Gasteiger partial charge is 0.0551 e. The van der Waals surface area contributed by atoms with Crippen molar-refractivity contribution in [3.63, 3.8) is 0 Å². The Balaban J connectivity index is 2.04. The van der Waals surface area contributed by atoms with E-state index in [0.717, 1.165) is 19.6 Å². The van der Waals surface area contributed by atoms with E-state index in [1.807, 2.05) is 0 Å². The monoisotopic (exact) mass is 275 g/mol. The molecule has 20 heavy (non-hydrogen) atoms. The molecule has 2 rings (SSSR count). The first kappa shape index (κ1) is 15.5. The van der Waals surface area contributed by atoms with Crippen molar-refractivity contribution in [2.45, 2.75) is 58.6 Å². The highest BCUT2D eigenvalue weighted by molar-refractivity contribution is 5.26. The molecule has 1 fully saturated rings. The Hall–Kier alpha value is -0.860. The van der Waals surface area contributed by atoms with Gasteiger partial charge in [0.2, 0.25) is 0 Å². The summed E-state index contributed by atoms with van der Waals surface area (Å²) < 4.78 is 5.75. The van der Waals surface area contributed by atoms with Gasteiger partial charge < -0.3 is 10.1 Å². The van der Waals surface area contributed by atoms with Crippen LogP contribution < -0.4 is 5.32 Å². The van der Waals surface area contributed by atoms with Crippen LogP contribution >= 0.6 is 0 Å². The van der Waals surface area contributed by atoms with Crippen LogP contribution in [0.2, 0.25) is 0 Å². The highest BCUT2D eigenvalue weighted by Gasteiger charge is 2.29. The lowest BCUT2D eigenvalue weighted by atomic mass is 9.90. The molecular formula is C18H29NO. The molecule has 1 heterocycles. The third-order valence-corrected chi connectivity index (χ3v) is 4.28. The lowest BCUT2D eigenvalue weighted by molar-refractivity contribution is 0.117. The minimum absolute atomic E-state index is 0.407. The number of aryl methyl sites for hydroxylation is 1. The standard InChI is InChI=1S/C18H29NO/c1-4-6-7-15-8-10-16(11-9-15)18(19-5-2)17-12-14(3)20-13-17/h8-11,14,17-19H,4-7,12-13H2,1-3H3. The van der Waals surface area contributed by atoms with Crippen LogP contribution in [-0.2, 0) is 11.2 Å². The summed E-state index contributed by atoms with van der Waals surface area (Å²) in [4.78, 5) is 0. The summed E-state index contributed by atoms with van der Waals surface area (Å²) in [7, 11) is 0. The molecule has 0 bridgehead atoms. The fraction of sp³-hybridized carbons (Fsp3) is 0.667. The van der Waals surface area contributed by atoms with Gasteiger partial charge in [-0.05, 0) is 43.9 Å². The van der Waals surface area contributed by atoms with Crippen LogP contribution in [-0.4, -0.2) is 19.3 Å². The minimum atomic E-state index is 0.407. The van der Waals surface area contributed by atoms with Crippen molar-refractivity contribution in [1.29, 1.82) is 0 Å². The van der Waals surface area contributed by atoms with E-state index in [2.05, 4.69) is 50.4 Å². The molecule has 1 aliphatic rings. The van der Waals surface area contributed by atoms with E-state index in [4.69, 9.17) is 4.74 Å². The first-order valence-corrected chi connectivity index (χ1v) is 8.18. The molecule has 1 aliphatic heterocycles. The molecule has 1 aromatic carbocycles. The lowest BCUT2D eigenvalue weighted by Gasteiger charge is -2.24. The molecule has 2 heteroatoms. The zero-order valence-electron chi connectivity index (χ0n) is 13.2.